The molecule has 96 heavy (non-hydrogen) atoms. The molecule has 8 aromatic carbocycles. The summed E-state index contributed by atoms with van der Waals surface area (Å²) in [5, 5.41) is 5.25. The van der Waals surface area contributed by atoms with Gasteiger partial charge in [-0.3, -0.25) is 24.7 Å². The van der Waals surface area contributed by atoms with Crippen LogP contribution >= 0.6 is 86.9 Å². The molecule has 0 bridgehead atoms. The Labute approximate surface area is 624 Å². The second kappa shape index (κ2) is 44.4. The minimum atomic E-state index is -1.79. The Bertz CT molecular complexity index is 3930. The van der Waals surface area contributed by atoms with Gasteiger partial charge < -0.3 is 17.0 Å². The molecular formula is C84H81Br6N4OP. The molecule has 0 N–H and O–H groups in total. The van der Waals surface area contributed by atoms with Gasteiger partial charge in [-0.1, -0.05) is 271 Å². The van der Waals surface area contributed by atoms with Crippen LogP contribution < -0.4 is 32.9 Å². The van der Waals surface area contributed by atoms with Crippen LogP contribution in [0.15, 0.2) is 304 Å². The average Bonchev–Trinajstić information content (AvgIpc) is 0.754. The number of hydrogen-bond donors (Lipinski definition) is 0. The van der Waals surface area contributed by atoms with Gasteiger partial charge in [-0.05, 0) is 204 Å². The summed E-state index contributed by atoms with van der Waals surface area (Å²) in [5.41, 5.74) is 16.7. The minimum absolute atomic E-state index is 0. The molecule has 0 amide bonds. The largest absolute Gasteiger partial charge is 1.00 e. The predicted octanol–water partition coefficient (Wildman–Crippen LogP) is 21.3. The number of aldehydes is 1. The molecule has 4 aromatic heterocycles. The molecule has 0 radical (unpaired) electrons. The van der Waals surface area contributed by atoms with Crippen LogP contribution in [-0.2, 0) is 11.5 Å². The zero-order chi connectivity index (χ0) is 66.1. The van der Waals surface area contributed by atoms with Crippen molar-refractivity contribution >= 4 is 146 Å². The third kappa shape index (κ3) is 28.7. The number of hydrogen-bond acceptors (Lipinski definition) is 5. The first-order valence-corrected chi connectivity index (χ1v) is 36.3. The molecule has 12 aromatic rings. The van der Waals surface area contributed by atoms with Crippen LogP contribution in [0.5, 0.6) is 0 Å². The number of aromatic nitrogens is 4. The Morgan fingerprint density at radius 3 is 0.802 bits per heavy atom. The molecule has 490 valence electrons. The molecule has 0 fully saturated rings. The van der Waals surface area contributed by atoms with Crippen molar-refractivity contribution in [1.82, 2.24) is 19.9 Å². The van der Waals surface area contributed by atoms with Gasteiger partial charge in [0.15, 0.2) is 6.29 Å². The zero-order valence-corrected chi connectivity index (χ0v) is 63.4. The molecule has 5 nitrogen and oxygen atoms in total. The van der Waals surface area contributed by atoms with E-state index in [1.165, 1.54) is 77.7 Å². The standard InChI is InChI=1S/C26H24P.3C14H12BrN.C8H9Br.C6H4BrNO.2CH4.BrH/c1-22-17-19-23(20-18-22)21-27(24-11-5-2-6-12-24,25-13-7-3-8-14-25)26-15-9-4-10-16-26;3*1-11-2-4-12(5-3-11)6-7-13-8-14(15)10-16-9-13;1-7-2-4-8(6-9)5-3-7;7-6-1-5(4-9)2-8-3-6;;;/h2-20H,21H2,1H3;3*2-10H,1H3;2-5H,6H2,1H3;1-4H;2*1H4;1H/q+1;;;;;;;;/p-1/b;7-6+;7-6-;;;;;;. The Kier molecular flexibility index (Phi) is 37.5. The first-order valence-electron chi connectivity index (χ1n) is 30.0. The Balaban J connectivity index is 0.000000253. The first-order chi connectivity index (χ1) is 45.2. The lowest BCUT2D eigenvalue weighted by molar-refractivity contribution is -0.0000250. The molecule has 0 aliphatic heterocycles. The molecule has 12 rings (SSSR count). The van der Waals surface area contributed by atoms with Crippen molar-refractivity contribution in [2.45, 2.75) is 61.0 Å². The number of rotatable bonds is 13. The van der Waals surface area contributed by atoms with E-state index < -0.39 is 7.26 Å². The fraction of sp³-hybridized carbons (Fsp3) is 0.107. The van der Waals surface area contributed by atoms with E-state index in [4.69, 9.17) is 0 Å². The Hall–Kier alpha value is -7.44. The van der Waals surface area contributed by atoms with E-state index >= 15 is 0 Å². The SMILES string of the molecule is C.C.Cc1ccc(/C=C/c2cncc(Br)c2)cc1.Cc1ccc(/C=C\c2cncc(Br)c2)cc1.Cc1ccc(C=Cc2cncc(Br)c2)cc1.Cc1ccc(CBr)cc1.Cc1ccc(C[P+](c2ccccc2)(c2ccccc2)c2ccccc2)cc1.O=Cc1cncc(Br)c1.[Br-]. The monoisotopic (exact) mass is 1670 g/mol. The van der Waals surface area contributed by atoms with Crippen molar-refractivity contribution in [2.24, 2.45) is 0 Å². The fourth-order valence-corrected chi connectivity index (χ4v) is 15.2. The third-order valence-corrected chi connectivity index (χ3v) is 20.8. The van der Waals surface area contributed by atoms with Crippen LogP contribution in [0.4, 0.5) is 0 Å². The summed E-state index contributed by atoms with van der Waals surface area (Å²) in [5.74, 6) is 0. The summed E-state index contributed by atoms with van der Waals surface area (Å²) in [7, 11) is -1.79. The molecule has 0 aliphatic carbocycles. The van der Waals surface area contributed by atoms with Gasteiger partial charge in [-0.15, -0.1) is 0 Å². The van der Waals surface area contributed by atoms with Crippen LogP contribution in [0.3, 0.4) is 0 Å². The second-order valence-corrected chi connectivity index (χ2v) is 29.4. The normalized spacial score (nSPS) is 10.4. The number of benzene rings is 8. The second-order valence-electron chi connectivity index (χ2n) is 21.7. The first kappa shape index (κ1) is 81.0. The third-order valence-electron chi connectivity index (χ3n) is 14.1. The van der Waals surface area contributed by atoms with Gasteiger partial charge in [-0.25, -0.2) is 0 Å². The van der Waals surface area contributed by atoms with Crippen molar-refractivity contribution in [1.29, 1.82) is 0 Å². The molecule has 12 heteroatoms. The van der Waals surface area contributed by atoms with Gasteiger partial charge in [0.2, 0.25) is 0 Å². The molecule has 0 aliphatic rings. The lowest BCUT2D eigenvalue weighted by atomic mass is 10.1. The molecule has 0 unspecified atom stereocenters. The molecule has 0 saturated carbocycles. The van der Waals surface area contributed by atoms with Gasteiger partial charge in [0.05, 0.1) is 6.16 Å². The lowest BCUT2D eigenvalue weighted by Gasteiger charge is -2.27. The van der Waals surface area contributed by atoms with Gasteiger partial charge >= 0.3 is 0 Å². The number of carbonyl (C=O) groups is 1. The van der Waals surface area contributed by atoms with E-state index in [0.717, 1.165) is 52.4 Å². The van der Waals surface area contributed by atoms with Crippen molar-refractivity contribution in [3.8, 4) is 0 Å². The molecular weight excluding hydrogens is 1590 g/mol. The van der Waals surface area contributed by atoms with Crippen LogP contribution in [0.1, 0.15) is 97.5 Å². The van der Waals surface area contributed by atoms with Gasteiger partial charge in [-0.2, -0.15) is 0 Å². The maximum Gasteiger partial charge on any atom is 0.151 e. The number of pyridine rings is 4. The number of aryl methyl sites for hydroxylation is 5. The highest BCUT2D eigenvalue weighted by Crippen LogP contribution is 2.58. The van der Waals surface area contributed by atoms with Crippen LogP contribution in [-0.4, -0.2) is 26.2 Å². The maximum absolute atomic E-state index is 10.1. The maximum atomic E-state index is 10.1. The molecule has 0 saturated heterocycles. The van der Waals surface area contributed by atoms with Crippen LogP contribution in [0, 0.1) is 34.6 Å². The van der Waals surface area contributed by atoms with Crippen molar-refractivity contribution in [3.63, 3.8) is 0 Å². The Morgan fingerprint density at radius 1 is 0.312 bits per heavy atom. The van der Waals surface area contributed by atoms with Gasteiger partial charge in [0, 0.05) is 78.4 Å². The fourth-order valence-electron chi connectivity index (χ4n) is 9.07. The highest BCUT2D eigenvalue weighted by Gasteiger charge is 2.45. The van der Waals surface area contributed by atoms with Crippen molar-refractivity contribution in [3.05, 3.63) is 382 Å². The van der Waals surface area contributed by atoms with Crippen LogP contribution in [0.25, 0.3) is 36.5 Å². The lowest BCUT2D eigenvalue weighted by Crippen LogP contribution is -3.00. The predicted molar refractivity (Wildman–Crippen MR) is 431 cm³/mol. The topological polar surface area (TPSA) is 68.6 Å². The van der Waals surface area contributed by atoms with Crippen molar-refractivity contribution < 1.29 is 21.8 Å². The van der Waals surface area contributed by atoms with E-state index in [0.29, 0.717) is 5.56 Å². The Morgan fingerprint density at radius 2 is 0.552 bits per heavy atom. The van der Waals surface area contributed by atoms with E-state index in [-0.39, 0.29) is 31.8 Å². The number of nitrogens with zero attached hydrogens (tertiary/aromatic N) is 4. The summed E-state index contributed by atoms with van der Waals surface area (Å²) in [6.07, 6.45) is 28.2. The summed E-state index contributed by atoms with van der Waals surface area (Å²) >= 11 is 16.8. The smallest absolute Gasteiger partial charge is 0.151 e. The molecule has 0 spiro atoms. The van der Waals surface area contributed by atoms with Gasteiger partial charge in [0.1, 0.15) is 23.2 Å². The van der Waals surface area contributed by atoms with E-state index in [2.05, 4.69) is 383 Å². The number of halogens is 6. The van der Waals surface area contributed by atoms with E-state index in [1.807, 2.05) is 36.8 Å². The summed E-state index contributed by atoms with van der Waals surface area (Å²) < 4.78 is 3.82. The summed E-state index contributed by atoms with van der Waals surface area (Å²) in [6, 6.07) is 83.9. The van der Waals surface area contributed by atoms with Crippen molar-refractivity contribution in [2.75, 3.05) is 0 Å². The van der Waals surface area contributed by atoms with E-state index in [9.17, 15) is 4.79 Å². The van der Waals surface area contributed by atoms with E-state index in [1.54, 1.807) is 30.9 Å². The number of alkyl halides is 1. The molecule has 4 heterocycles. The summed E-state index contributed by atoms with van der Waals surface area (Å²) in [6.45, 7) is 10.5. The summed E-state index contributed by atoms with van der Waals surface area (Å²) in [4.78, 5) is 26.2. The average molecular weight is 1670 g/mol. The minimum Gasteiger partial charge on any atom is -1.00 e. The van der Waals surface area contributed by atoms with Gasteiger partial charge in [0.25, 0.3) is 0 Å². The highest BCUT2D eigenvalue weighted by molar-refractivity contribution is 9.11. The number of carbonyl (C=O) groups excluding carboxylic acids is 1. The molecule has 0 atom stereocenters. The quantitative estimate of drug-likeness (QED) is 0.0654. The highest BCUT2D eigenvalue weighted by atomic mass is 79.9. The van der Waals surface area contributed by atoms with Crippen LogP contribution in [0.2, 0.25) is 0 Å². The zero-order valence-electron chi connectivity index (χ0n) is 53.0.